The van der Waals surface area contributed by atoms with E-state index in [-0.39, 0.29) is 11.8 Å². The van der Waals surface area contributed by atoms with Gasteiger partial charge in [0.2, 0.25) is 5.91 Å². The molecule has 0 aromatic heterocycles. The molecule has 0 unspecified atom stereocenters. The van der Waals surface area contributed by atoms with Crippen LogP contribution in [0.15, 0.2) is 54.6 Å². The first-order valence-electron chi connectivity index (χ1n) is 11.3. The van der Waals surface area contributed by atoms with Crippen LogP contribution in [0, 0.1) is 0 Å². The number of carbonyl (C=O) groups excluding carboxylic acids is 2. The van der Waals surface area contributed by atoms with E-state index >= 15 is 0 Å². The number of benzene rings is 2. The van der Waals surface area contributed by atoms with Crippen LogP contribution < -0.4 is 10.1 Å². The third-order valence-electron chi connectivity index (χ3n) is 6.92. The summed E-state index contributed by atoms with van der Waals surface area (Å²) < 4.78 is 6.18. The fourth-order valence-corrected chi connectivity index (χ4v) is 5.04. The zero-order valence-electron chi connectivity index (χ0n) is 17.8. The summed E-state index contributed by atoms with van der Waals surface area (Å²) >= 11 is 0. The second-order valence-corrected chi connectivity index (χ2v) is 8.89. The van der Waals surface area contributed by atoms with Gasteiger partial charge in [-0.1, -0.05) is 42.5 Å². The van der Waals surface area contributed by atoms with Crippen molar-refractivity contribution < 1.29 is 14.3 Å². The maximum atomic E-state index is 12.9. The molecule has 0 saturated carbocycles. The number of likely N-dealkylation sites (tertiary alicyclic amines) is 2. The molecule has 31 heavy (non-hydrogen) atoms. The molecular weight excluding hydrogens is 390 g/mol. The van der Waals surface area contributed by atoms with Gasteiger partial charge in [-0.05, 0) is 49.5 Å². The van der Waals surface area contributed by atoms with Crippen LogP contribution in [0.25, 0.3) is 0 Å². The summed E-state index contributed by atoms with van der Waals surface area (Å²) in [6.45, 7) is 3.59. The van der Waals surface area contributed by atoms with E-state index in [9.17, 15) is 9.59 Å². The molecule has 2 aromatic rings. The molecule has 3 aliphatic rings. The molecule has 2 amide bonds. The molecule has 0 radical (unpaired) electrons. The van der Waals surface area contributed by atoms with Gasteiger partial charge in [0.1, 0.15) is 5.75 Å². The summed E-state index contributed by atoms with van der Waals surface area (Å²) in [5.74, 6) is 1.31. The van der Waals surface area contributed by atoms with Crippen molar-refractivity contribution in [3.8, 4) is 5.75 Å². The number of amides is 2. The third-order valence-corrected chi connectivity index (χ3v) is 6.92. The first-order valence-corrected chi connectivity index (χ1v) is 11.3. The minimum Gasteiger partial charge on any atom is -0.467 e. The standard InChI is InChI=1S/C25H29N3O3/c29-23(18-27-14-10-20(11-15-27)19-6-2-1-3-7-19)28-16-12-25(13-17-28)26-24(30)21-8-4-5-9-22(21)31-25/h1-9,20H,10-18H2,(H,26,30). The van der Waals surface area contributed by atoms with Gasteiger partial charge in [-0.25, -0.2) is 0 Å². The Morgan fingerprint density at radius 2 is 1.65 bits per heavy atom. The lowest BCUT2D eigenvalue weighted by molar-refractivity contribution is -0.136. The van der Waals surface area contributed by atoms with E-state index in [0.717, 1.165) is 25.9 Å². The van der Waals surface area contributed by atoms with Gasteiger partial charge in [0.15, 0.2) is 5.72 Å². The monoisotopic (exact) mass is 419 g/mol. The van der Waals surface area contributed by atoms with Crippen molar-refractivity contribution in [2.75, 3.05) is 32.7 Å². The number of carbonyl (C=O) groups is 2. The Hall–Kier alpha value is -2.86. The SMILES string of the molecule is O=C1NC2(CCN(C(=O)CN3CCC(c4ccccc4)CC3)CC2)Oc2ccccc21. The van der Waals surface area contributed by atoms with Crippen LogP contribution in [0.3, 0.4) is 0 Å². The van der Waals surface area contributed by atoms with Gasteiger partial charge in [0.25, 0.3) is 5.91 Å². The fourth-order valence-electron chi connectivity index (χ4n) is 5.04. The molecule has 6 nitrogen and oxygen atoms in total. The lowest BCUT2D eigenvalue weighted by Crippen LogP contribution is -2.62. The number of fused-ring (bicyclic) bond motifs is 1. The zero-order chi connectivity index (χ0) is 21.3. The van der Waals surface area contributed by atoms with E-state index in [0.29, 0.717) is 49.7 Å². The molecule has 1 spiro atoms. The summed E-state index contributed by atoms with van der Waals surface area (Å²) in [5.41, 5.74) is 1.28. The second kappa shape index (κ2) is 8.35. The Balaban J connectivity index is 1.12. The lowest BCUT2D eigenvalue weighted by Gasteiger charge is -2.44. The van der Waals surface area contributed by atoms with Crippen molar-refractivity contribution in [3.63, 3.8) is 0 Å². The van der Waals surface area contributed by atoms with Gasteiger partial charge in [0, 0.05) is 25.9 Å². The minimum absolute atomic E-state index is 0.0945. The predicted molar refractivity (Wildman–Crippen MR) is 118 cm³/mol. The zero-order valence-corrected chi connectivity index (χ0v) is 17.8. The normalized spacial score (nSPS) is 21.3. The molecule has 2 aromatic carbocycles. The summed E-state index contributed by atoms with van der Waals surface area (Å²) in [5, 5.41) is 3.04. The van der Waals surface area contributed by atoms with Crippen molar-refractivity contribution in [1.82, 2.24) is 15.1 Å². The highest BCUT2D eigenvalue weighted by atomic mass is 16.5. The Morgan fingerprint density at radius 1 is 0.968 bits per heavy atom. The molecule has 0 aliphatic carbocycles. The number of rotatable bonds is 3. The fraction of sp³-hybridized carbons (Fsp3) is 0.440. The molecular formula is C25H29N3O3. The molecule has 5 rings (SSSR count). The molecule has 1 N–H and O–H groups in total. The number of hydrogen-bond donors (Lipinski definition) is 1. The average Bonchev–Trinajstić information content (AvgIpc) is 2.80. The summed E-state index contributed by atoms with van der Waals surface area (Å²) in [4.78, 5) is 29.6. The maximum Gasteiger partial charge on any atom is 0.258 e. The van der Waals surface area contributed by atoms with Crippen LogP contribution in [-0.4, -0.2) is 60.1 Å². The van der Waals surface area contributed by atoms with Crippen LogP contribution in [-0.2, 0) is 4.79 Å². The maximum absolute atomic E-state index is 12.9. The van der Waals surface area contributed by atoms with Crippen LogP contribution in [0.2, 0.25) is 0 Å². The number of ether oxygens (including phenoxy) is 1. The van der Waals surface area contributed by atoms with E-state index in [1.165, 1.54) is 5.56 Å². The van der Waals surface area contributed by atoms with E-state index in [2.05, 4.69) is 40.5 Å². The van der Waals surface area contributed by atoms with Crippen molar-refractivity contribution in [2.45, 2.75) is 37.3 Å². The number of nitrogens with one attached hydrogen (secondary N) is 1. The van der Waals surface area contributed by atoms with E-state index < -0.39 is 5.72 Å². The van der Waals surface area contributed by atoms with Gasteiger partial charge in [-0.15, -0.1) is 0 Å². The topological polar surface area (TPSA) is 61.9 Å². The molecule has 6 heteroatoms. The Morgan fingerprint density at radius 3 is 2.39 bits per heavy atom. The summed E-state index contributed by atoms with van der Waals surface area (Å²) in [7, 11) is 0. The van der Waals surface area contributed by atoms with Crippen molar-refractivity contribution in [3.05, 3.63) is 65.7 Å². The second-order valence-electron chi connectivity index (χ2n) is 8.89. The van der Waals surface area contributed by atoms with Gasteiger partial charge < -0.3 is 15.0 Å². The van der Waals surface area contributed by atoms with E-state index in [1.807, 2.05) is 23.1 Å². The average molecular weight is 420 g/mol. The highest BCUT2D eigenvalue weighted by Gasteiger charge is 2.43. The molecule has 162 valence electrons. The minimum atomic E-state index is -0.698. The quantitative estimate of drug-likeness (QED) is 0.831. The highest BCUT2D eigenvalue weighted by molar-refractivity contribution is 5.98. The molecule has 3 heterocycles. The van der Waals surface area contributed by atoms with Crippen LogP contribution >= 0.6 is 0 Å². The predicted octanol–water partition coefficient (Wildman–Crippen LogP) is 3.01. The van der Waals surface area contributed by atoms with Gasteiger partial charge >= 0.3 is 0 Å². The number of hydrogen-bond acceptors (Lipinski definition) is 4. The van der Waals surface area contributed by atoms with Crippen molar-refractivity contribution >= 4 is 11.8 Å². The van der Waals surface area contributed by atoms with Gasteiger partial charge in [-0.2, -0.15) is 0 Å². The Labute approximate surface area is 183 Å². The van der Waals surface area contributed by atoms with Crippen LogP contribution in [0.1, 0.15) is 47.5 Å². The van der Waals surface area contributed by atoms with Gasteiger partial charge in [-0.3, -0.25) is 14.5 Å². The molecule has 0 bridgehead atoms. The van der Waals surface area contributed by atoms with Crippen molar-refractivity contribution in [2.24, 2.45) is 0 Å². The molecule has 2 fully saturated rings. The highest BCUT2D eigenvalue weighted by Crippen LogP contribution is 2.33. The number of nitrogens with zero attached hydrogens (tertiary/aromatic N) is 2. The number of para-hydroxylation sites is 1. The van der Waals surface area contributed by atoms with Crippen LogP contribution in [0.4, 0.5) is 0 Å². The number of piperidine rings is 2. The summed E-state index contributed by atoms with van der Waals surface area (Å²) in [6.07, 6.45) is 3.41. The first kappa shape index (κ1) is 20.1. The Bertz CT molecular complexity index is 945. The Kier molecular flexibility index (Phi) is 5.40. The largest absolute Gasteiger partial charge is 0.467 e. The smallest absolute Gasteiger partial charge is 0.258 e. The van der Waals surface area contributed by atoms with Crippen LogP contribution in [0.5, 0.6) is 5.75 Å². The van der Waals surface area contributed by atoms with Crippen molar-refractivity contribution in [1.29, 1.82) is 0 Å². The molecule has 0 atom stereocenters. The lowest BCUT2D eigenvalue weighted by atomic mass is 9.89. The first-order chi connectivity index (χ1) is 15.1. The third kappa shape index (κ3) is 4.17. The van der Waals surface area contributed by atoms with Gasteiger partial charge in [0.05, 0.1) is 12.1 Å². The van der Waals surface area contributed by atoms with E-state index in [4.69, 9.17) is 4.74 Å². The van der Waals surface area contributed by atoms with E-state index in [1.54, 1.807) is 6.07 Å². The molecule has 2 saturated heterocycles. The summed E-state index contributed by atoms with van der Waals surface area (Å²) in [6, 6.07) is 18.0. The molecule has 3 aliphatic heterocycles.